The molecule has 0 radical (unpaired) electrons. The van der Waals surface area contributed by atoms with Crippen LogP contribution in [0.25, 0.3) is 10.9 Å². The van der Waals surface area contributed by atoms with Gasteiger partial charge in [-0.05, 0) is 42.0 Å². The molecule has 1 aromatic heterocycles. The van der Waals surface area contributed by atoms with Gasteiger partial charge in [0.05, 0.1) is 5.56 Å². The number of halogens is 7. The molecule has 3 rings (SSSR count). The minimum atomic E-state index is -5.23. The topological polar surface area (TPSA) is 88.0 Å². The van der Waals surface area contributed by atoms with Gasteiger partial charge in [-0.2, -0.15) is 26.3 Å². The summed E-state index contributed by atoms with van der Waals surface area (Å²) < 4.78 is 92.6. The minimum absolute atomic E-state index is 0.00187. The fourth-order valence-electron chi connectivity index (χ4n) is 2.91. The second-order valence-electron chi connectivity index (χ2n) is 6.53. The Kier molecular flexibility index (Phi) is 5.42. The minimum Gasteiger partial charge on any atom is -0.366 e. The summed E-state index contributed by atoms with van der Waals surface area (Å²) in [6.45, 7) is 0. The molecule has 3 aromatic rings. The van der Waals surface area contributed by atoms with E-state index >= 15 is 0 Å². The van der Waals surface area contributed by atoms with Crippen LogP contribution in [0.15, 0.2) is 42.5 Å². The van der Waals surface area contributed by atoms with E-state index in [1.807, 2.05) is 0 Å². The Labute approximate surface area is 169 Å². The first kappa shape index (κ1) is 22.1. The maximum absolute atomic E-state index is 13.5. The summed E-state index contributed by atoms with van der Waals surface area (Å²) in [5.41, 5.74) is 2.31. The second-order valence-corrected chi connectivity index (χ2v) is 6.53. The van der Waals surface area contributed by atoms with Crippen molar-refractivity contribution in [3.8, 4) is 0 Å². The van der Waals surface area contributed by atoms with Crippen molar-refractivity contribution in [3.05, 3.63) is 70.7 Å². The van der Waals surface area contributed by atoms with Gasteiger partial charge in [0.25, 0.3) is 5.91 Å². The number of primary amides is 1. The fourth-order valence-corrected chi connectivity index (χ4v) is 2.91. The summed E-state index contributed by atoms with van der Waals surface area (Å²) in [4.78, 5) is 26.1. The standard InChI is InChI=1S/C19H12F7N3O2/c20-12-3-1-8(6-11(12)18(21,22)23)15(19(24,25)26)29-17(31)14-7-10-5-9(16(27)30)2-4-13(10)28-14/h1-7,15,28H,(H2,27,30)(H,29,31). The summed E-state index contributed by atoms with van der Waals surface area (Å²) in [7, 11) is 0. The van der Waals surface area contributed by atoms with Crippen molar-refractivity contribution in [1.82, 2.24) is 10.3 Å². The lowest BCUT2D eigenvalue weighted by molar-refractivity contribution is -0.156. The number of fused-ring (bicyclic) bond motifs is 1. The predicted molar refractivity (Wildman–Crippen MR) is 94.5 cm³/mol. The van der Waals surface area contributed by atoms with Gasteiger partial charge in [0.1, 0.15) is 11.5 Å². The lowest BCUT2D eigenvalue weighted by atomic mass is 10.0. The highest BCUT2D eigenvalue weighted by molar-refractivity contribution is 6.01. The second kappa shape index (κ2) is 7.60. The monoisotopic (exact) mass is 447 g/mol. The van der Waals surface area contributed by atoms with Crippen molar-refractivity contribution in [3.63, 3.8) is 0 Å². The zero-order chi connectivity index (χ0) is 23.1. The molecule has 0 aliphatic heterocycles. The Hall–Kier alpha value is -3.57. The Morgan fingerprint density at radius 1 is 0.968 bits per heavy atom. The Balaban J connectivity index is 1.96. The molecule has 1 unspecified atom stereocenters. The summed E-state index contributed by atoms with van der Waals surface area (Å²) in [6.07, 6.45) is -10.4. The first-order valence-corrected chi connectivity index (χ1v) is 8.44. The SMILES string of the molecule is NC(=O)c1ccc2[nH]c(C(=O)NC(c3ccc(F)c(C(F)(F)F)c3)C(F)(F)F)cc2c1. The van der Waals surface area contributed by atoms with E-state index in [1.54, 1.807) is 5.32 Å². The van der Waals surface area contributed by atoms with Crippen LogP contribution in [0, 0.1) is 5.82 Å². The largest absolute Gasteiger partial charge is 0.419 e. The zero-order valence-corrected chi connectivity index (χ0v) is 15.2. The summed E-state index contributed by atoms with van der Waals surface area (Å²) in [5, 5.41) is 1.91. The van der Waals surface area contributed by atoms with Crippen LogP contribution in [0.1, 0.15) is 38.0 Å². The number of benzene rings is 2. The molecule has 5 nitrogen and oxygen atoms in total. The van der Waals surface area contributed by atoms with Gasteiger partial charge >= 0.3 is 12.4 Å². The molecule has 0 aliphatic carbocycles. The molecule has 12 heteroatoms. The molecule has 1 heterocycles. The van der Waals surface area contributed by atoms with Crippen molar-refractivity contribution < 1.29 is 40.3 Å². The van der Waals surface area contributed by atoms with E-state index in [0.29, 0.717) is 17.0 Å². The molecule has 0 saturated carbocycles. The first-order valence-electron chi connectivity index (χ1n) is 8.44. The van der Waals surface area contributed by atoms with E-state index in [2.05, 4.69) is 4.98 Å². The Bertz CT molecular complexity index is 1170. The quantitative estimate of drug-likeness (QED) is 0.516. The maximum atomic E-state index is 13.5. The third-order valence-corrected chi connectivity index (χ3v) is 4.38. The zero-order valence-electron chi connectivity index (χ0n) is 15.2. The molecule has 2 amide bonds. The van der Waals surface area contributed by atoms with E-state index in [4.69, 9.17) is 5.73 Å². The Morgan fingerprint density at radius 2 is 1.65 bits per heavy atom. The number of nitrogens with one attached hydrogen (secondary N) is 2. The number of rotatable bonds is 4. The molecule has 0 saturated heterocycles. The summed E-state index contributed by atoms with van der Waals surface area (Å²) in [5.74, 6) is -3.79. The molecular formula is C19H12F7N3O2. The van der Waals surface area contributed by atoms with Crippen LogP contribution in [0.4, 0.5) is 30.7 Å². The lowest BCUT2D eigenvalue weighted by Gasteiger charge is -2.23. The van der Waals surface area contributed by atoms with E-state index in [1.165, 1.54) is 18.2 Å². The molecule has 1 atom stereocenters. The van der Waals surface area contributed by atoms with Crippen molar-refractivity contribution in [2.24, 2.45) is 5.73 Å². The number of nitrogens with two attached hydrogens (primary N) is 1. The van der Waals surface area contributed by atoms with Crippen LogP contribution in [-0.2, 0) is 6.18 Å². The average Bonchev–Trinajstić information content (AvgIpc) is 3.08. The van der Waals surface area contributed by atoms with Gasteiger partial charge in [-0.3, -0.25) is 9.59 Å². The maximum Gasteiger partial charge on any atom is 0.419 e. The van der Waals surface area contributed by atoms with Crippen LogP contribution in [0.3, 0.4) is 0 Å². The average molecular weight is 447 g/mol. The first-order chi connectivity index (χ1) is 14.3. The predicted octanol–water partition coefficient (Wildman–Crippen LogP) is 4.46. The smallest absolute Gasteiger partial charge is 0.366 e. The highest BCUT2D eigenvalue weighted by atomic mass is 19.4. The molecule has 164 valence electrons. The number of amides is 2. The number of hydrogen-bond donors (Lipinski definition) is 3. The van der Waals surface area contributed by atoms with Crippen molar-refractivity contribution in [2.75, 3.05) is 0 Å². The van der Waals surface area contributed by atoms with Crippen LogP contribution >= 0.6 is 0 Å². The Morgan fingerprint density at radius 3 is 2.23 bits per heavy atom. The number of H-pyrrole nitrogens is 1. The molecule has 2 aromatic carbocycles. The summed E-state index contributed by atoms with van der Waals surface area (Å²) >= 11 is 0. The van der Waals surface area contributed by atoms with Crippen LogP contribution in [-0.4, -0.2) is 23.0 Å². The highest BCUT2D eigenvalue weighted by Crippen LogP contribution is 2.37. The van der Waals surface area contributed by atoms with Gasteiger partial charge in [0.2, 0.25) is 5.91 Å². The number of hydrogen-bond acceptors (Lipinski definition) is 2. The number of aromatic amines is 1. The van der Waals surface area contributed by atoms with Crippen LogP contribution in [0.5, 0.6) is 0 Å². The number of aromatic nitrogens is 1. The third kappa shape index (κ3) is 4.62. The number of carbonyl (C=O) groups is 2. The van der Waals surface area contributed by atoms with Crippen molar-refractivity contribution >= 4 is 22.7 Å². The fraction of sp³-hybridized carbons (Fsp3) is 0.158. The normalized spacial score (nSPS) is 13.3. The van der Waals surface area contributed by atoms with E-state index < -0.39 is 47.2 Å². The third-order valence-electron chi connectivity index (χ3n) is 4.38. The van der Waals surface area contributed by atoms with Crippen LogP contribution in [0.2, 0.25) is 0 Å². The molecule has 0 fully saturated rings. The van der Waals surface area contributed by atoms with Crippen molar-refractivity contribution in [1.29, 1.82) is 0 Å². The van der Waals surface area contributed by atoms with Gasteiger partial charge in [0, 0.05) is 16.5 Å². The van der Waals surface area contributed by atoms with Gasteiger partial charge < -0.3 is 16.0 Å². The molecule has 0 bridgehead atoms. The van der Waals surface area contributed by atoms with Gasteiger partial charge in [-0.15, -0.1) is 0 Å². The van der Waals surface area contributed by atoms with Crippen LogP contribution < -0.4 is 11.1 Å². The van der Waals surface area contributed by atoms with Gasteiger partial charge in [0.15, 0.2) is 6.04 Å². The van der Waals surface area contributed by atoms with Gasteiger partial charge in [-0.25, -0.2) is 4.39 Å². The summed E-state index contributed by atoms with van der Waals surface area (Å²) in [6, 6.07) is 3.08. The molecule has 31 heavy (non-hydrogen) atoms. The van der Waals surface area contributed by atoms with E-state index in [-0.39, 0.29) is 23.4 Å². The molecule has 0 spiro atoms. The lowest BCUT2D eigenvalue weighted by Crippen LogP contribution is -2.38. The molecule has 4 N–H and O–H groups in total. The van der Waals surface area contributed by atoms with E-state index in [0.717, 1.165) is 6.07 Å². The molecule has 0 aliphatic rings. The number of alkyl halides is 6. The highest BCUT2D eigenvalue weighted by Gasteiger charge is 2.44. The molecular weight excluding hydrogens is 435 g/mol. The van der Waals surface area contributed by atoms with E-state index in [9.17, 15) is 40.3 Å². The van der Waals surface area contributed by atoms with Gasteiger partial charge in [-0.1, -0.05) is 6.07 Å². The van der Waals surface area contributed by atoms with Crippen molar-refractivity contribution in [2.45, 2.75) is 18.4 Å². The number of carbonyl (C=O) groups excluding carboxylic acids is 2.